The first-order valence-electron chi connectivity index (χ1n) is 9.92. The van der Waals surface area contributed by atoms with Gasteiger partial charge in [-0.3, -0.25) is 9.78 Å². The number of carbonyl (C=O) groups is 1. The summed E-state index contributed by atoms with van der Waals surface area (Å²) in [6.45, 7) is 1.86. The summed E-state index contributed by atoms with van der Waals surface area (Å²) in [6, 6.07) is 23.2. The molecule has 4 nitrogen and oxygen atoms in total. The first-order valence-corrected chi connectivity index (χ1v) is 10.3. The van der Waals surface area contributed by atoms with Crippen molar-refractivity contribution < 1.29 is 4.79 Å². The van der Waals surface area contributed by atoms with Crippen molar-refractivity contribution in [3.8, 4) is 11.1 Å². The number of hydrogen-bond donors (Lipinski definition) is 1. The standard InChI is InChI=1S/C26H18ClN3O/c1-16-25(23(31)13-14-24-29-21-9-5-6-10-22(21)30-24)26(17-7-3-2-4-8-17)19-15-18(27)11-12-20(19)28-16/h2-15H,1H3,(H,29,30)/b14-13+. The molecule has 31 heavy (non-hydrogen) atoms. The molecular formula is C26H18ClN3O. The molecule has 0 aliphatic rings. The molecule has 0 atom stereocenters. The highest BCUT2D eigenvalue weighted by Gasteiger charge is 2.19. The topological polar surface area (TPSA) is 58.6 Å². The lowest BCUT2D eigenvalue weighted by Gasteiger charge is -2.14. The van der Waals surface area contributed by atoms with Crippen LogP contribution in [0.15, 0.2) is 78.9 Å². The van der Waals surface area contributed by atoms with Crippen LogP contribution in [-0.4, -0.2) is 20.7 Å². The molecule has 0 fully saturated rings. The molecule has 5 heteroatoms. The van der Waals surface area contributed by atoms with Crippen molar-refractivity contribution in [3.05, 3.63) is 101 Å². The molecule has 1 N–H and O–H groups in total. The van der Waals surface area contributed by atoms with Crippen molar-refractivity contribution in [3.63, 3.8) is 0 Å². The Balaban J connectivity index is 1.66. The van der Waals surface area contributed by atoms with Crippen molar-refractivity contribution in [1.82, 2.24) is 15.0 Å². The number of fused-ring (bicyclic) bond motifs is 2. The van der Waals surface area contributed by atoms with E-state index in [4.69, 9.17) is 11.6 Å². The molecular weight excluding hydrogens is 406 g/mol. The Morgan fingerprint density at radius 2 is 1.71 bits per heavy atom. The maximum Gasteiger partial charge on any atom is 0.188 e. The quantitative estimate of drug-likeness (QED) is 0.260. The Kier molecular flexibility index (Phi) is 4.85. The molecule has 0 radical (unpaired) electrons. The molecule has 0 saturated carbocycles. The lowest BCUT2D eigenvalue weighted by molar-refractivity contribution is 0.104. The second-order valence-corrected chi connectivity index (χ2v) is 7.75. The highest BCUT2D eigenvalue weighted by molar-refractivity contribution is 6.31. The van der Waals surface area contributed by atoms with Crippen LogP contribution in [0.5, 0.6) is 0 Å². The predicted molar refractivity (Wildman–Crippen MR) is 126 cm³/mol. The van der Waals surface area contributed by atoms with Crippen LogP contribution in [0, 0.1) is 6.92 Å². The van der Waals surface area contributed by atoms with Crippen molar-refractivity contribution >= 4 is 45.4 Å². The third kappa shape index (κ3) is 3.62. The zero-order valence-electron chi connectivity index (χ0n) is 16.8. The van der Waals surface area contributed by atoms with E-state index < -0.39 is 0 Å². The molecule has 0 bridgehead atoms. The second-order valence-electron chi connectivity index (χ2n) is 7.31. The van der Waals surface area contributed by atoms with Crippen LogP contribution in [0.25, 0.3) is 39.1 Å². The van der Waals surface area contributed by atoms with Crippen molar-refractivity contribution in [2.45, 2.75) is 6.92 Å². The number of allylic oxidation sites excluding steroid dienone is 1. The molecule has 2 aromatic heterocycles. The summed E-state index contributed by atoms with van der Waals surface area (Å²) in [6.07, 6.45) is 3.25. The highest BCUT2D eigenvalue weighted by Crippen LogP contribution is 2.35. The van der Waals surface area contributed by atoms with E-state index in [-0.39, 0.29) is 5.78 Å². The number of nitrogens with one attached hydrogen (secondary N) is 1. The van der Waals surface area contributed by atoms with Crippen LogP contribution in [0.3, 0.4) is 0 Å². The number of pyridine rings is 1. The number of halogens is 1. The maximum absolute atomic E-state index is 13.4. The minimum atomic E-state index is -0.133. The van der Waals surface area contributed by atoms with Crippen molar-refractivity contribution in [2.75, 3.05) is 0 Å². The largest absolute Gasteiger partial charge is 0.338 e. The average molecular weight is 424 g/mol. The van der Waals surface area contributed by atoms with Gasteiger partial charge in [0.25, 0.3) is 0 Å². The molecule has 3 aromatic carbocycles. The number of hydrogen-bond acceptors (Lipinski definition) is 3. The number of aromatic amines is 1. The molecule has 0 aliphatic heterocycles. The fourth-order valence-electron chi connectivity index (χ4n) is 3.85. The fraction of sp³-hybridized carbons (Fsp3) is 0.0385. The molecule has 0 unspecified atom stereocenters. The average Bonchev–Trinajstić information content (AvgIpc) is 3.20. The maximum atomic E-state index is 13.4. The molecule has 5 rings (SSSR count). The monoisotopic (exact) mass is 423 g/mol. The molecule has 0 spiro atoms. The van der Waals surface area contributed by atoms with Gasteiger partial charge in [-0.15, -0.1) is 0 Å². The third-order valence-electron chi connectivity index (χ3n) is 5.24. The predicted octanol–water partition coefficient (Wildman–Crippen LogP) is 6.64. The first-order chi connectivity index (χ1) is 15.1. The zero-order valence-corrected chi connectivity index (χ0v) is 17.5. The summed E-state index contributed by atoms with van der Waals surface area (Å²) in [4.78, 5) is 25.8. The van der Waals surface area contributed by atoms with Gasteiger partial charge in [0, 0.05) is 21.7 Å². The van der Waals surface area contributed by atoms with Crippen LogP contribution in [0.1, 0.15) is 21.9 Å². The third-order valence-corrected chi connectivity index (χ3v) is 5.47. The lowest BCUT2D eigenvalue weighted by Crippen LogP contribution is -2.05. The van der Waals surface area contributed by atoms with Gasteiger partial charge in [-0.1, -0.05) is 54.1 Å². The fourth-order valence-corrected chi connectivity index (χ4v) is 4.03. The van der Waals surface area contributed by atoms with Crippen LogP contribution in [0.2, 0.25) is 5.02 Å². The number of carbonyl (C=O) groups excluding carboxylic acids is 1. The van der Waals surface area contributed by atoms with Gasteiger partial charge in [-0.2, -0.15) is 0 Å². The van der Waals surface area contributed by atoms with Gasteiger partial charge in [0.2, 0.25) is 0 Å². The molecule has 0 aliphatic carbocycles. The number of H-pyrrole nitrogens is 1. The Hall–Kier alpha value is -3.76. The van der Waals surface area contributed by atoms with E-state index >= 15 is 0 Å². The summed E-state index contributed by atoms with van der Waals surface area (Å²) in [5.41, 5.74) is 5.61. The van der Waals surface area contributed by atoms with Gasteiger partial charge in [0.1, 0.15) is 5.82 Å². The van der Waals surface area contributed by atoms with Crippen LogP contribution >= 0.6 is 11.6 Å². The molecule has 2 heterocycles. The Bertz CT molecular complexity index is 1440. The van der Waals surface area contributed by atoms with Gasteiger partial charge in [0.15, 0.2) is 5.78 Å². The number of nitrogens with zero attached hydrogens (tertiary/aromatic N) is 2. The number of benzene rings is 3. The molecule has 0 saturated heterocycles. The van der Waals surface area contributed by atoms with Crippen molar-refractivity contribution in [2.24, 2.45) is 0 Å². The van der Waals surface area contributed by atoms with E-state index in [1.54, 1.807) is 12.2 Å². The summed E-state index contributed by atoms with van der Waals surface area (Å²) in [5, 5.41) is 1.45. The van der Waals surface area contributed by atoms with Gasteiger partial charge in [0.05, 0.1) is 22.1 Å². The number of imidazole rings is 1. The number of ketones is 1. The Morgan fingerprint density at radius 1 is 0.935 bits per heavy atom. The number of rotatable bonds is 4. The van der Waals surface area contributed by atoms with Gasteiger partial charge >= 0.3 is 0 Å². The summed E-state index contributed by atoms with van der Waals surface area (Å²) in [7, 11) is 0. The molecule has 150 valence electrons. The minimum absolute atomic E-state index is 0.133. The number of aromatic nitrogens is 3. The number of aryl methyl sites for hydroxylation is 1. The summed E-state index contributed by atoms with van der Waals surface area (Å²) < 4.78 is 0. The van der Waals surface area contributed by atoms with Crippen molar-refractivity contribution in [1.29, 1.82) is 0 Å². The van der Waals surface area contributed by atoms with E-state index in [0.717, 1.165) is 33.1 Å². The van der Waals surface area contributed by atoms with Crippen LogP contribution in [0.4, 0.5) is 0 Å². The highest BCUT2D eigenvalue weighted by atomic mass is 35.5. The first kappa shape index (κ1) is 19.2. The van der Waals surface area contributed by atoms with E-state index in [9.17, 15) is 4.79 Å². The van der Waals surface area contributed by atoms with Crippen LogP contribution in [-0.2, 0) is 0 Å². The number of para-hydroxylation sites is 2. The van der Waals surface area contributed by atoms with Gasteiger partial charge in [-0.05, 0) is 55.0 Å². The SMILES string of the molecule is Cc1nc2ccc(Cl)cc2c(-c2ccccc2)c1C(=O)/C=C/c1nc2ccccc2[nH]1. The van der Waals surface area contributed by atoms with Gasteiger partial charge in [-0.25, -0.2) is 4.98 Å². The Morgan fingerprint density at radius 3 is 2.52 bits per heavy atom. The van der Waals surface area contributed by atoms with Crippen LogP contribution < -0.4 is 0 Å². The minimum Gasteiger partial charge on any atom is -0.338 e. The van der Waals surface area contributed by atoms with E-state index in [0.29, 0.717) is 22.1 Å². The van der Waals surface area contributed by atoms with Gasteiger partial charge < -0.3 is 4.98 Å². The smallest absolute Gasteiger partial charge is 0.188 e. The normalized spacial score (nSPS) is 11.5. The van der Waals surface area contributed by atoms with E-state index in [1.807, 2.05) is 79.7 Å². The molecule has 0 amide bonds. The summed E-state index contributed by atoms with van der Waals surface area (Å²) >= 11 is 6.29. The Labute approximate surface area is 184 Å². The second kappa shape index (κ2) is 7.82. The lowest BCUT2D eigenvalue weighted by atomic mass is 9.92. The van der Waals surface area contributed by atoms with E-state index in [2.05, 4.69) is 15.0 Å². The van der Waals surface area contributed by atoms with E-state index in [1.165, 1.54) is 0 Å². The molecule has 5 aromatic rings. The summed E-state index contributed by atoms with van der Waals surface area (Å²) in [5.74, 6) is 0.497. The zero-order chi connectivity index (χ0) is 21.4.